The number of carbonyl (C=O) groups excluding carboxylic acids is 1. The van der Waals surface area contributed by atoms with E-state index in [2.05, 4.69) is 10.4 Å². The molecule has 3 heterocycles. The highest BCUT2D eigenvalue weighted by molar-refractivity contribution is 5.93. The highest BCUT2D eigenvalue weighted by atomic mass is 16.5. The Kier molecular flexibility index (Phi) is 4.06. The van der Waals surface area contributed by atoms with E-state index in [4.69, 9.17) is 4.74 Å². The largest absolute Gasteiger partial charge is 0.376 e. The average molecular weight is 302 g/mol. The molecule has 1 aliphatic rings. The van der Waals surface area contributed by atoms with Gasteiger partial charge in [-0.15, -0.1) is 0 Å². The first kappa shape index (κ1) is 14.5. The number of hydrogen-bond donors (Lipinski definition) is 1. The van der Waals surface area contributed by atoms with Gasteiger partial charge in [0.15, 0.2) is 0 Å². The molecule has 0 bridgehead atoms. The van der Waals surface area contributed by atoms with Gasteiger partial charge in [0.2, 0.25) is 0 Å². The predicted molar refractivity (Wildman–Crippen MR) is 79.6 cm³/mol. The van der Waals surface area contributed by atoms with Gasteiger partial charge >= 0.3 is 0 Å². The lowest BCUT2D eigenvalue weighted by Gasteiger charge is -2.14. The van der Waals surface area contributed by atoms with Crippen LogP contribution in [0.5, 0.6) is 0 Å². The summed E-state index contributed by atoms with van der Waals surface area (Å²) in [7, 11) is 1.62. The van der Waals surface area contributed by atoms with Gasteiger partial charge in [-0.05, 0) is 12.1 Å². The van der Waals surface area contributed by atoms with E-state index in [0.29, 0.717) is 26.3 Å². The summed E-state index contributed by atoms with van der Waals surface area (Å²) in [5.74, 6) is -0.356. The molecule has 7 heteroatoms. The van der Waals surface area contributed by atoms with E-state index in [9.17, 15) is 9.59 Å². The SMILES string of the molecule is Cn1cccc(C(=O)NCCn2ncc3c2CCOC3)c1=O. The van der Waals surface area contributed by atoms with Gasteiger partial charge in [0.05, 0.1) is 26.0 Å². The molecule has 1 N–H and O–H groups in total. The number of rotatable bonds is 4. The molecule has 22 heavy (non-hydrogen) atoms. The smallest absolute Gasteiger partial charge is 0.263 e. The Morgan fingerprint density at radius 2 is 2.36 bits per heavy atom. The Morgan fingerprint density at radius 1 is 1.50 bits per heavy atom. The third kappa shape index (κ3) is 2.80. The van der Waals surface area contributed by atoms with Crippen LogP contribution in [-0.2, 0) is 31.4 Å². The molecule has 0 aromatic carbocycles. The van der Waals surface area contributed by atoms with Crippen LogP contribution in [0.25, 0.3) is 0 Å². The molecule has 0 saturated carbocycles. The van der Waals surface area contributed by atoms with Crippen LogP contribution in [0.15, 0.2) is 29.3 Å². The van der Waals surface area contributed by atoms with Crippen LogP contribution >= 0.6 is 0 Å². The normalized spacial score (nSPS) is 13.7. The van der Waals surface area contributed by atoms with Crippen LogP contribution < -0.4 is 10.9 Å². The summed E-state index contributed by atoms with van der Waals surface area (Å²) >= 11 is 0. The minimum Gasteiger partial charge on any atom is -0.376 e. The molecule has 0 aliphatic carbocycles. The maximum absolute atomic E-state index is 12.1. The quantitative estimate of drug-likeness (QED) is 0.868. The molecule has 0 atom stereocenters. The summed E-state index contributed by atoms with van der Waals surface area (Å²) in [4.78, 5) is 23.9. The number of ether oxygens (including phenoxy) is 1. The van der Waals surface area contributed by atoms with Crippen LogP contribution in [0.3, 0.4) is 0 Å². The number of hydrogen-bond acceptors (Lipinski definition) is 4. The molecule has 0 saturated heterocycles. The van der Waals surface area contributed by atoms with Crippen LogP contribution in [0.2, 0.25) is 0 Å². The number of aromatic nitrogens is 3. The van der Waals surface area contributed by atoms with Gasteiger partial charge in [-0.1, -0.05) is 0 Å². The fourth-order valence-electron chi connectivity index (χ4n) is 2.54. The lowest BCUT2D eigenvalue weighted by molar-refractivity contribution is 0.0948. The number of fused-ring (bicyclic) bond motifs is 1. The molecule has 2 aromatic rings. The Balaban J connectivity index is 1.61. The van der Waals surface area contributed by atoms with Gasteiger partial charge in [0.1, 0.15) is 5.56 Å². The predicted octanol–water partition coefficient (Wildman–Crippen LogP) is 0.0845. The lowest BCUT2D eigenvalue weighted by Crippen LogP contribution is -2.34. The van der Waals surface area contributed by atoms with E-state index in [1.807, 2.05) is 10.9 Å². The Hall–Kier alpha value is -2.41. The monoisotopic (exact) mass is 302 g/mol. The summed E-state index contributed by atoms with van der Waals surface area (Å²) in [6.07, 6.45) is 4.27. The number of nitrogens with one attached hydrogen (secondary N) is 1. The zero-order valence-corrected chi connectivity index (χ0v) is 12.4. The summed E-state index contributed by atoms with van der Waals surface area (Å²) < 4.78 is 8.65. The van der Waals surface area contributed by atoms with Crippen molar-refractivity contribution >= 4 is 5.91 Å². The van der Waals surface area contributed by atoms with Crippen molar-refractivity contribution in [3.8, 4) is 0 Å². The van der Waals surface area contributed by atoms with Crippen LogP contribution in [0.4, 0.5) is 0 Å². The lowest BCUT2D eigenvalue weighted by atomic mass is 10.2. The zero-order chi connectivity index (χ0) is 15.5. The van der Waals surface area contributed by atoms with E-state index in [1.165, 1.54) is 10.6 Å². The van der Waals surface area contributed by atoms with Crippen molar-refractivity contribution in [2.24, 2.45) is 7.05 Å². The summed E-state index contributed by atoms with van der Waals surface area (Å²) in [5.41, 5.74) is 2.13. The third-order valence-electron chi connectivity index (χ3n) is 3.75. The molecular weight excluding hydrogens is 284 g/mol. The van der Waals surface area contributed by atoms with Crippen LogP contribution in [0.1, 0.15) is 21.6 Å². The minimum atomic E-state index is -0.356. The second-order valence-electron chi connectivity index (χ2n) is 5.24. The molecule has 1 amide bonds. The standard InChI is InChI=1S/C15H18N4O3/c1-18-6-2-3-12(15(18)21)14(20)16-5-7-19-13-4-8-22-10-11(13)9-17-19/h2-3,6,9H,4-5,7-8,10H2,1H3,(H,16,20). The first-order valence-electron chi connectivity index (χ1n) is 7.22. The topological polar surface area (TPSA) is 78.2 Å². The van der Waals surface area contributed by atoms with E-state index in [1.54, 1.807) is 19.3 Å². The molecule has 0 radical (unpaired) electrons. The van der Waals surface area contributed by atoms with Gasteiger partial charge < -0.3 is 14.6 Å². The summed E-state index contributed by atoms with van der Waals surface area (Å²) in [5, 5.41) is 7.09. The van der Waals surface area contributed by atoms with Crippen molar-refractivity contribution in [1.82, 2.24) is 19.7 Å². The highest BCUT2D eigenvalue weighted by Gasteiger charge is 2.15. The Morgan fingerprint density at radius 3 is 3.23 bits per heavy atom. The number of carbonyl (C=O) groups is 1. The van der Waals surface area contributed by atoms with Crippen molar-refractivity contribution in [1.29, 1.82) is 0 Å². The zero-order valence-electron chi connectivity index (χ0n) is 12.4. The van der Waals surface area contributed by atoms with Gasteiger partial charge in [0, 0.05) is 37.5 Å². The second kappa shape index (κ2) is 6.15. The Labute approximate surface area is 127 Å². The van der Waals surface area contributed by atoms with Crippen LogP contribution in [0, 0.1) is 0 Å². The molecule has 7 nitrogen and oxygen atoms in total. The first-order chi connectivity index (χ1) is 10.7. The number of aryl methyl sites for hydroxylation is 1. The molecule has 0 unspecified atom stereocenters. The molecule has 3 rings (SSSR count). The maximum atomic E-state index is 12.1. The number of nitrogens with zero attached hydrogens (tertiary/aromatic N) is 3. The van der Waals surface area contributed by atoms with Crippen molar-refractivity contribution in [3.63, 3.8) is 0 Å². The van der Waals surface area contributed by atoms with Crippen molar-refractivity contribution < 1.29 is 9.53 Å². The van der Waals surface area contributed by atoms with Gasteiger partial charge in [0.25, 0.3) is 11.5 Å². The molecule has 1 aliphatic heterocycles. The van der Waals surface area contributed by atoms with E-state index in [0.717, 1.165) is 17.7 Å². The summed E-state index contributed by atoms with van der Waals surface area (Å²) in [6.45, 7) is 2.30. The van der Waals surface area contributed by atoms with Gasteiger partial charge in [-0.25, -0.2) is 0 Å². The molecular formula is C15H18N4O3. The van der Waals surface area contributed by atoms with Gasteiger partial charge in [-0.2, -0.15) is 5.10 Å². The fourth-order valence-corrected chi connectivity index (χ4v) is 2.54. The molecule has 2 aromatic heterocycles. The Bertz CT molecular complexity index is 747. The molecule has 116 valence electrons. The second-order valence-corrected chi connectivity index (χ2v) is 5.24. The fraction of sp³-hybridized carbons (Fsp3) is 0.400. The van der Waals surface area contributed by atoms with Gasteiger partial charge in [-0.3, -0.25) is 14.3 Å². The van der Waals surface area contributed by atoms with Crippen molar-refractivity contribution in [2.45, 2.75) is 19.6 Å². The highest BCUT2D eigenvalue weighted by Crippen LogP contribution is 2.15. The van der Waals surface area contributed by atoms with E-state index >= 15 is 0 Å². The average Bonchev–Trinajstić information content (AvgIpc) is 2.93. The molecule has 0 fully saturated rings. The number of amides is 1. The maximum Gasteiger partial charge on any atom is 0.263 e. The molecule has 0 spiro atoms. The van der Waals surface area contributed by atoms with E-state index < -0.39 is 0 Å². The number of pyridine rings is 1. The first-order valence-corrected chi connectivity index (χ1v) is 7.22. The summed E-state index contributed by atoms with van der Waals surface area (Å²) in [6, 6.07) is 3.21. The van der Waals surface area contributed by atoms with Crippen molar-refractivity contribution in [2.75, 3.05) is 13.2 Å². The minimum absolute atomic E-state index is 0.154. The third-order valence-corrected chi connectivity index (χ3v) is 3.75. The van der Waals surface area contributed by atoms with Crippen LogP contribution in [-0.4, -0.2) is 33.4 Å². The van der Waals surface area contributed by atoms with E-state index in [-0.39, 0.29) is 17.0 Å². The van der Waals surface area contributed by atoms with Crippen molar-refractivity contribution in [3.05, 3.63) is 51.7 Å².